The molecule has 192 valence electrons. The quantitative estimate of drug-likeness (QED) is 0.427. The summed E-state index contributed by atoms with van der Waals surface area (Å²) in [6, 6.07) is 9.80. The molecule has 0 radical (unpaired) electrons. The number of anilines is 1. The molecule has 1 N–H and O–H groups in total. The number of nitrogens with one attached hydrogen (secondary N) is 1. The van der Waals surface area contributed by atoms with Crippen molar-refractivity contribution in [3.8, 4) is 29.5 Å². The minimum Gasteiger partial charge on any atom is -0.479 e. The van der Waals surface area contributed by atoms with Crippen LogP contribution in [0.1, 0.15) is 10.6 Å². The van der Waals surface area contributed by atoms with Gasteiger partial charge in [-0.05, 0) is 18.2 Å². The lowest BCUT2D eigenvalue weighted by Gasteiger charge is -2.39. The second kappa shape index (κ2) is 9.79. The van der Waals surface area contributed by atoms with E-state index in [4.69, 9.17) is 35.0 Å². The van der Waals surface area contributed by atoms with E-state index in [0.29, 0.717) is 10.8 Å². The van der Waals surface area contributed by atoms with Crippen LogP contribution in [0.3, 0.4) is 0 Å². The lowest BCUT2D eigenvalue weighted by molar-refractivity contribution is 0.0990. The number of carbonyl (C=O) groups excluding carboxylic acids is 1. The predicted octanol–water partition coefficient (Wildman–Crippen LogP) is 4.64. The fraction of sp³-hybridized carbons (Fsp3) is 0.375. The molecule has 0 fully saturated rings. The Kier molecular flexibility index (Phi) is 7.08. The van der Waals surface area contributed by atoms with E-state index < -0.39 is 22.1 Å². The summed E-state index contributed by atoms with van der Waals surface area (Å²) in [4.78, 5) is 21.1. The fourth-order valence-corrected chi connectivity index (χ4v) is 14.8. The Bertz CT molecular complexity index is 1290. The monoisotopic (exact) mass is 547 g/mol. The summed E-state index contributed by atoms with van der Waals surface area (Å²) in [5.41, 5.74) is 0.140. The van der Waals surface area contributed by atoms with Crippen LogP contribution in [-0.2, 0) is 0 Å². The molecule has 1 aliphatic rings. The minimum atomic E-state index is -1.60. The molecule has 4 rings (SSSR count). The molecule has 0 bridgehead atoms. The lowest BCUT2D eigenvalue weighted by Crippen LogP contribution is -2.63. The van der Waals surface area contributed by atoms with Gasteiger partial charge in [0.2, 0.25) is 11.8 Å². The first kappa shape index (κ1) is 26.0. The first-order valence-corrected chi connectivity index (χ1v) is 18.3. The number of hydrogen-bond acceptors (Lipinski definition) is 8. The molecule has 2 aromatic heterocycles. The van der Waals surface area contributed by atoms with Gasteiger partial charge in [0.25, 0.3) is 11.9 Å². The molecule has 0 atom stereocenters. The van der Waals surface area contributed by atoms with Crippen molar-refractivity contribution in [2.24, 2.45) is 0 Å². The molecule has 0 unspecified atom stereocenters. The van der Waals surface area contributed by atoms with E-state index in [2.05, 4.69) is 53.6 Å². The van der Waals surface area contributed by atoms with Gasteiger partial charge in [-0.25, -0.2) is 0 Å². The first-order chi connectivity index (χ1) is 17.0. The van der Waals surface area contributed by atoms with Gasteiger partial charge < -0.3 is 28.7 Å². The van der Waals surface area contributed by atoms with E-state index in [0.717, 1.165) is 0 Å². The number of carbonyl (C=O) groups is 1. The highest BCUT2D eigenvalue weighted by Gasteiger charge is 2.40. The van der Waals surface area contributed by atoms with Gasteiger partial charge in [0, 0.05) is 6.07 Å². The van der Waals surface area contributed by atoms with Crippen LogP contribution in [0, 0.1) is 0 Å². The van der Waals surface area contributed by atoms with Crippen molar-refractivity contribution in [3.05, 3.63) is 35.0 Å². The van der Waals surface area contributed by atoms with Crippen LogP contribution in [0.2, 0.25) is 43.3 Å². The van der Waals surface area contributed by atoms with Gasteiger partial charge in [-0.1, -0.05) is 60.3 Å². The fourth-order valence-electron chi connectivity index (χ4n) is 4.32. The SMILES string of the molecule is COc1nc(OC)c(NC(=O)c2ccc(Oc3cc4c(cc3Cl)[Si](C)(C)CC[Si]4(C)C)o2)c(OC)n1. The smallest absolute Gasteiger partial charge is 0.322 e. The largest absolute Gasteiger partial charge is 0.479 e. The van der Waals surface area contributed by atoms with Crippen molar-refractivity contribution < 1.29 is 28.2 Å². The number of hydrogen-bond donors (Lipinski definition) is 1. The molecule has 1 aliphatic heterocycles. The van der Waals surface area contributed by atoms with E-state index in [1.807, 2.05) is 0 Å². The van der Waals surface area contributed by atoms with Gasteiger partial charge in [-0.15, -0.1) is 0 Å². The number of rotatable bonds is 7. The minimum absolute atomic E-state index is 0.0160. The average Bonchev–Trinajstić information content (AvgIpc) is 3.31. The molecule has 1 amide bonds. The van der Waals surface area contributed by atoms with Gasteiger partial charge in [0.15, 0.2) is 11.4 Å². The van der Waals surface area contributed by atoms with Gasteiger partial charge in [-0.3, -0.25) is 4.79 Å². The zero-order valence-corrected chi connectivity index (χ0v) is 24.2. The summed E-state index contributed by atoms with van der Waals surface area (Å²) < 4.78 is 27.2. The zero-order valence-electron chi connectivity index (χ0n) is 21.4. The molecule has 0 saturated heterocycles. The second-order valence-electron chi connectivity index (χ2n) is 9.87. The highest BCUT2D eigenvalue weighted by molar-refractivity contribution is 7.03. The lowest BCUT2D eigenvalue weighted by atomic mass is 10.3. The van der Waals surface area contributed by atoms with E-state index in [1.165, 1.54) is 49.9 Å². The van der Waals surface area contributed by atoms with Crippen LogP contribution < -0.4 is 34.6 Å². The highest BCUT2D eigenvalue weighted by Crippen LogP contribution is 2.36. The van der Waals surface area contributed by atoms with Crippen molar-refractivity contribution >= 4 is 49.7 Å². The number of fused-ring (bicyclic) bond motifs is 1. The summed E-state index contributed by atoms with van der Waals surface area (Å²) in [7, 11) is 1.10. The molecule has 12 heteroatoms. The van der Waals surface area contributed by atoms with E-state index >= 15 is 0 Å². The summed E-state index contributed by atoms with van der Waals surface area (Å²) in [5, 5.41) is 6.02. The van der Waals surface area contributed by atoms with Crippen LogP contribution in [0.4, 0.5) is 5.69 Å². The van der Waals surface area contributed by atoms with Crippen LogP contribution in [-0.4, -0.2) is 53.4 Å². The number of methoxy groups -OCH3 is 3. The van der Waals surface area contributed by atoms with Gasteiger partial charge >= 0.3 is 6.01 Å². The molecule has 0 spiro atoms. The van der Waals surface area contributed by atoms with Crippen molar-refractivity contribution in [3.63, 3.8) is 0 Å². The van der Waals surface area contributed by atoms with Crippen LogP contribution >= 0.6 is 11.6 Å². The van der Waals surface area contributed by atoms with Crippen molar-refractivity contribution in [1.82, 2.24) is 9.97 Å². The number of ether oxygens (including phenoxy) is 4. The standard InChI is InChI=1S/C24H30ClN3O6Si2/c1-30-22-20(23(31-2)28-24(27-22)32-3)26-21(29)15-8-9-19(33-15)34-16-13-18-17(12-14(16)25)35(4,5)10-11-36(18,6)7/h8-9,12-13H,10-11H2,1-7H3,(H,26,29). The molecule has 1 aromatic carbocycles. The summed E-state index contributed by atoms with van der Waals surface area (Å²) >= 11 is 6.64. The van der Waals surface area contributed by atoms with Crippen LogP contribution in [0.15, 0.2) is 28.7 Å². The summed E-state index contributed by atoms with van der Waals surface area (Å²) in [6.07, 6.45) is 0. The number of nitrogens with zero attached hydrogens (tertiary/aromatic N) is 2. The number of amides is 1. The van der Waals surface area contributed by atoms with E-state index in [-0.39, 0.29) is 35.2 Å². The second-order valence-corrected chi connectivity index (χ2v) is 19.9. The summed E-state index contributed by atoms with van der Waals surface area (Å²) in [5.74, 6) is 0.285. The Balaban J connectivity index is 1.58. The number of halogens is 1. The van der Waals surface area contributed by atoms with Crippen LogP contribution in [0.25, 0.3) is 0 Å². The Hall–Kier alpha value is -3.03. The van der Waals surface area contributed by atoms with Crippen molar-refractivity contribution in [2.75, 3.05) is 26.6 Å². The topological polar surface area (TPSA) is 105 Å². The summed E-state index contributed by atoms with van der Waals surface area (Å²) in [6.45, 7) is 9.55. The molecule has 0 saturated carbocycles. The maximum Gasteiger partial charge on any atom is 0.322 e. The molecule has 9 nitrogen and oxygen atoms in total. The average molecular weight is 548 g/mol. The maximum absolute atomic E-state index is 12.9. The Morgan fingerprint density at radius 1 is 0.944 bits per heavy atom. The van der Waals surface area contributed by atoms with Gasteiger partial charge in [-0.2, -0.15) is 9.97 Å². The third-order valence-corrected chi connectivity index (χ3v) is 14.3. The molecular formula is C24H30ClN3O6Si2. The van der Waals surface area contributed by atoms with Crippen molar-refractivity contribution in [1.29, 1.82) is 0 Å². The Morgan fingerprint density at radius 3 is 2.08 bits per heavy atom. The maximum atomic E-state index is 12.9. The third kappa shape index (κ3) is 4.95. The molecule has 36 heavy (non-hydrogen) atoms. The first-order valence-electron chi connectivity index (χ1n) is 11.5. The van der Waals surface area contributed by atoms with Gasteiger partial charge in [0.1, 0.15) is 5.75 Å². The number of furan rings is 1. The van der Waals surface area contributed by atoms with E-state index in [1.54, 1.807) is 6.07 Å². The molecular weight excluding hydrogens is 518 g/mol. The normalized spacial score (nSPS) is 15.6. The van der Waals surface area contributed by atoms with Crippen molar-refractivity contribution in [2.45, 2.75) is 38.3 Å². The van der Waals surface area contributed by atoms with Gasteiger partial charge in [0.05, 0.1) is 42.5 Å². The number of benzene rings is 1. The third-order valence-electron chi connectivity index (χ3n) is 6.55. The molecule has 3 aromatic rings. The molecule has 0 aliphatic carbocycles. The molecule has 3 heterocycles. The highest BCUT2D eigenvalue weighted by atomic mass is 35.5. The van der Waals surface area contributed by atoms with Crippen LogP contribution in [0.5, 0.6) is 29.5 Å². The predicted molar refractivity (Wildman–Crippen MR) is 144 cm³/mol. The Morgan fingerprint density at radius 2 is 1.53 bits per heavy atom. The Labute approximate surface area is 217 Å². The van der Waals surface area contributed by atoms with E-state index in [9.17, 15) is 4.79 Å². The number of aromatic nitrogens is 2. The zero-order chi connectivity index (χ0) is 26.3.